The first-order chi connectivity index (χ1) is 23.4. The number of hydroxylamine groups is 1. The number of esters is 1. The second-order valence-corrected chi connectivity index (χ2v) is 13.0. The van der Waals surface area contributed by atoms with Crippen LogP contribution < -0.4 is 5.48 Å². The molecule has 1 fully saturated rings. The smallest absolute Gasteiger partial charge is 0.380 e. The zero-order valence-corrected chi connectivity index (χ0v) is 27.6. The number of nitrogens with one attached hydrogen (secondary N) is 1. The Kier molecular flexibility index (Phi) is 10.3. The van der Waals surface area contributed by atoms with Crippen molar-refractivity contribution in [1.29, 1.82) is 0 Å². The third-order valence-electron chi connectivity index (χ3n) is 8.53. The van der Waals surface area contributed by atoms with Crippen molar-refractivity contribution in [2.45, 2.75) is 30.7 Å². The molecule has 3 atom stereocenters. The quantitative estimate of drug-likeness (QED) is 0.0858. The molecule has 2 heterocycles. The fourth-order valence-electron chi connectivity index (χ4n) is 6.16. The summed E-state index contributed by atoms with van der Waals surface area (Å²) in [7, 11) is 0. The standard InChI is InChI=1S/C38H33ClN2O6S/c1-2-28(37(44)46-33(26-19-11-5-12-20-26)27-21-13-6-14-22-27)34(42)40-47-38(45)32-29(39)23-48-36-31(35(43)41(32)36)30(24-15-7-3-8-16-24)25-17-9-4-10-18-25/h3-22,28,30-31,33,36H,2,23H2,1H3,(H,40,42)/t28?,31?,36-/m0/s1. The molecule has 6 rings (SSSR count). The Bertz CT molecular complexity index is 1730. The molecule has 0 radical (unpaired) electrons. The minimum atomic E-state index is -1.26. The number of ether oxygens (including phenoxy) is 1. The molecule has 0 aliphatic carbocycles. The van der Waals surface area contributed by atoms with Gasteiger partial charge in [-0.25, -0.2) is 4.79 Å². The molecule has 1 N–H and O–H groups in total. The minimum absolute atomic E-state index is 0.0906. The van der Waals surface area contributed by atoms with E-state index in [1.165, 1.54) is 16.7 Å². The van der Waals surface area contributed by atoms with Gasteiger partial charge in [-0.05, 0) is 28.7 Å². The number of hydrogen-bond donors (Lipinski definition) is 1. The van der Waals surface area contributed by atoms with Crippen molar-refractivity contribution in [3.05, 3.63) is 154 Å². The van der Waals surface area contributed by atoms with E-state index in [0.717, 1.165) is 22.3 Å². The molecule has 8 nitrogen and oxygen atoms in total. The van der Waals surface area contributed by atoms with E-state index in [1.807, 2.05) is 121 Å². The van der Waals surface area contributed by atoms with E-state index in [2.05, 4.69) is 5.48 Å². The molecule has 2 unspecified atom stereocenters. The summed E-state index contributed by atoms with van der Waals surface area (Å²) in [5.41, 5.74) is 5.45. The summed E-state index contributed by atoms with van der Waals surface area (Å²) in [4.78, 5) is 60.3. The number of β-lactam (4-membered cyclic amide) rings is 1. The van der Waals surface area contributed by atoms with Gasteiger partial charge >= 0.3 is 11.9 Å². The maximum Gasteiger partial charge on any atom is 0.380 e. The largest absolute Gasteiger partial charge is 0.452 e. The van der Waals surface area contributed by atoms with Crippen LogP contribution in [0.2, 0.25) is 0 Å². The molecule has 0 saturated carbocycles. The molecule has 0 spiro atoms. The zero-order valence-electron chi connectivity index (χ0n) is 26.0. The van der Waals surface area contributed by atoms with Crippen molar-refractivity contribution in [1.82, 2.24) is 10.4 Å². The van der Waals surface area contributed by atoms with Crippen LogP contribution in [0.5, 0.6) is 0 Å². The van der Waals surface area contributed by atoms with Crippen LogP contribution in [0.25, 0.3) is 0 Å². The fraction of sp³-hybridized carbons (Fsp3) is 0.211. The molecular formula is C38H33ClN2O6S. The van der Waals surface area contributed by atoms with Crippen LogP contribution in [0.15, 0.2) is 132 Å². The van der Waals surface area contributed by atoms with Gasteiger partial charge < -0.3 is 9.57 Å². The van der Waals surface area contributed by atoms with E-state index in [9.17, 15) is 19.2 Å². The number of carbonyl (C=O) groups excluding carboxylic acids is 4. The van der Waals surface area contributed by atoms with Crippen molar-refractivity contribution < 1.29 is 28.8 Å². The first-order valence-electron chi connectivity index (χ1n) is 15.6. The van der Waals surface area contributed by atoms with Gasteiger partial charge in [-0.2, -0.15) is 5.48 Å². The monoisotopic (exact) mass is 680 g/mol. The van der Waals surface area contributed by atoms with Crippen LogP contribution in [0.3, 0.4) is 0 Å². The predicted octanol–water partition coefficient (Wildman–Crippen LogP) is 6.73. The van der Waals surface area contributed by atoms with Crippen molar-refractivity contribution in [3.63, 3.8) is 0 Å². The highest BCUT2D eigenvalue weighted by atomic mass is 35.5. The van der Waals surface area contributed by atoms with Gasteiger partial charge in [0.05, 0.1) is 16.3 Å². The molecule has 2 aliphatic heterocycles. The van der Waals surface area contributed by atoms with Gasteiger partial charge in [0.15, 0.2) is 6.10 Å². The summed E-state index contributed by atoms with van der Waals surface area (Å²) in [5, 5.41) is -0.242. The highest BCUT2D eigenvalue weighted by Crippen LogP contribution is 2.51. The summed E-state index contributed by atoms with van der Waals surface area (Å²) >= 11 is 7.97. The number of nitrogens with zero attached hydrogens (tertiary/aromatic N) is 1. The van der Waals surface area contributed by atoms with E-state index in [-0.39, 0.29) is 40.1 Å². The van der Waals surface area contributed by atoms with Gasteiger partial charge in [-0.1, -0.05) is 140 Å². The van der Waals surface area contributed by atoms with Gasteiger partial charge in [0, 0.05) is 11.7 Å². The van der Waals surface area contributed by atoms with E-state index in [1.54, 1.807) is 6.92 Å². The summed E-state index contributed by atoms with van der Waals surface area (Å²) < 4.78 is 5.87. The van der Waals surface area contributed by atoms with Crippen molar-refractivity contribution in [2.75, 3.05) is 5.75 Å². The first kappa shape index (κ1) is 33.1. The lowest BCUT2D eigenvalue weighted by Gasteiger charge is -2.51. The molecule has 10 heteroatoms. The maximum absolute atomic E-state index is 13.8. The number of benzene rings is 4. The molecule has 4 aromatic carbocycles. The fourth-order valence-corrected chi connectivity index (χ4v) is 7.81. The summed E-state index contributed by atoms with van der Waals surface area (Å²) in [6.07, 6.45) is -0.654. The number of rotatable bonds is 10. The highest BCUT2D eigenvalue weighted by molar-refractivity contribution is 8.00. The van der Waals surface area contributed by atoms with Gasteiger partial charge in [0.2, 0.25) is 5.91 Å². The Morgan fingerprint density at radius 1 is 0.812 bits per heavy atom. The molecule has 2 amide bonds. The molecule has 0 aromatic heterocycles. The lowest BCUT2D eigenvalue weighted by atomic mass is 9.75. The Labute approximate surface area is 288 Å². The van der Waals surface area contributed by atoms with Crippen LogP contribution in [0.1, 0.15) is 47.6 Å². The molecule has 1 saturated heterocycles. The molecule has 244 valence electrons. The second-order valence-electron chi connectivity index (χ2n) is 11.4. The number of thioether (sulfide) groups is 1. The first-order valence-corrected chi connectivity index (χ1v) is 17.1. The van der Waals surface area contributed by atoms with Gasteiger partial charge in [-0.15, -0.1) is 11.8 Å². The minimum Gasteiger partial charge on any atom is -0.452 e. The van der Waals surface area contributed by atoms with E-state index in [4.69, 9.17) is 21.2 Å². The normalized spacial score (nSPS) is 17.8. The Hall–Kier alpha value is -4.86. The number of amides is 2. The van der Waals surface area contributed by atoms with E-state index >= 15 is 0 Å². The topological polar surface area (TPSA) is 102 Å². The molecular weight excluding hydrogens is 648 g/mol. The third-order valence-corrected chi connectivity index (χ3v) is 10.3. The van der Waals surface area contributed by atoms with Gasteiger partial charge in [0.25, 0.3) is 5.91 Å². The zero-order chi connectivity index (χ0) is 33.6. The van der Waals surface area contributed by atoms with Crippen molar-refractivity contribution in [2.24, 2.45) is 11.8 Å². The van der Waals surface area contributed by atoms with Crippen molar-refractivity contribution >= 4 is 47.1 Å². The lowest BCUT2D eigenvalue weighted by Crippen LogP contribution is -2.63. The number of hydrogen-bond acceptors (Lipinski definition) is 7. The second kappa shape index (κ2) is 14.9. The number of halogens is 1. The average molecular weight is 681 g/mol. The van der Waals surface area contributed by atoms with Crippen LogP contribution >= 0.6 is 23.4 Å². The SMILES string of the molecule is CCC(C(=O)NOC(=O)C1=C(Cl)CS[C@H]2C(C(c3ccccc3)c3ccccc3)C(=O)N12)C(=O)OC(c1ccccc1)c1ccccc1. The van der Waals surface area contributed by atoms with Crippen LogP contribution in [-0.2, 0) is 28.8 Å². The predicted molar refractivity (Wildman–Crippen MR) is 183 cm³/mol. The van der Waals surface area contributed by atoms with Gasteiger partial charge in [0.1, 0.15) is 11.6 Å². The third kappa shape index (κ3) is 6.74. The molecule has 0 bridgehead atoms. The highest BCUT2D eigenvalue weighted by Gasteiger charge is 2.57. The maximum atomic E-state index is 13.8. The van der Waals surface area contributed by atoms with Gasteiger partial charge in [-0.3, -0.25) is 19.3 Å². The summed E-state index contributed by atoms with van der Waals surface area (Å²) in [6, 6.07) is 38.0. The number of fused-ring (bicyclic) bond motifs is 1. The Balaban J connectivity index is 1.14. The summed E-state index contributed by atoms with van der Waals surface area (Å²) in [5.74, 6) is -4.57. The van der Waals surface area contributed by atoms with E-state index in [0.29, 0.717) is 0 Å². The number of carbonyl (C=O) groups is 4. The Morgan fingerprint density at radius 3 is 1.77 bits per heavy atom. The molecule has 4 aromatic rings. The Morgan fingerprint density at radius 2 is 1.29 bits per heavy atom. The van der Waals surface area contributed by atoms with Crippen molar-refractivity contribution in [3.8, 4) is 0 Å². The lowest BCUT2D eigenvalue weighted by molar-refractivity contribution is -0.167. The van der Waals surface area contributed by atoms with Crippen LogP contribution in [0, 0.1) is 11.8 Å². The summed E-state index contributed by atoms with van der Waals surface area (Å²) in [6.45, 7) is 1.66. The van der Waals surface area contributed by atoms with E-state index < -0.39 is 35.8 Å². The van der Waals surface area contributed by atoms with Crippen LogP contribution in [-0.4, -0.2) is 39.8 Å². The average Bonchev–Trinajstić information content (AvgIpc) is 3.13. The van der Waals surface area contributed by atoms with Crippen LogP contribution in [0.4, 0.5) is 0 Å². The molecule has 2 aliphatic rings. The molecule has 48 heavy (non-hydrogen) atoms.